The summed E-state index contributed by atoms with van der Waals surface area (Å²) in [7, 11) is 0. The molecule has 0 unspecified atom stereocenters. The van der Waals surface area contributed by atoms with Gasteiger partial charge in [0.15, 0.2) is 4.80 Å². The average Bonchev–Trinajstić information content (AvgIpc) is 3.41. The number of hydrogen-bond donors (Lipinski definition) is 1. The molecule has 0 fully saturated rings. The molecular weight excluding hydrogens is 571 g/mol. The molecule has 0 radical (unpaired) electrons. The van der Waals surface area contributed by atoms with E-state index in [0.717, 1.165) is 33.1 Å². The number of fused-ring (bicyclic) bond motifs is 1. The highest BCUT2D eigenvalue weighted by Gasteiger charge is 2.33. The molecule has 1 aliphatic heterocycles. The Labute approximate surface area is 251 Å². The summed E-state index contributed by atoms with van der Waals surface area (Å²) in [6.45, 7) is 9.23. The maximum Gasteiger partial charge on any atom is 0.338 e. The molecular formula is C32H31N3O5S2. The van der Waals surface area contributed by atoms with E-state index in [1.807, 2.05) is 67.1 Å². The SMILES string of the molecule is CSc1ccc([C@@H]2C(C(=O)OC(C)C)=C(C)N=c3s/c(=C\c4cc(C)n(-c5cccc(C(=O)O)c5)c4C)c(=O)n32)cc1. The number of rotatable bonds is 7. The number of thioether (sulfide) groups is 1. The minimum atomic E-state index is -0.995. The third-order valence-electron chi connectivity index (χ3n) is 7.12. The van der Waals surface area contributed by atoms with Crippen molar-refractivity contribution in [2.24, 2.45) is 4.99 Å². The van der Waals surface area contributed by atoms with Crippen LogP contribution in [0.25, 0.3) is 11.8 Å². The lowest BCUT2D eigenvalue weighted by Gasteiger charge is -2.25. The molecule has 5 rings (SSSR count). The molecule has 0 saturated carbocycles. The number of hydrogen-bond acceptors (Lipinski definition) is 7. The van der Waals surface area contributed by atoms with E-state index < -0.39 is 18.0 Å². The van der Waals surface area contributed by atoms with Crippen LogP contribution < -0.4 is 14.9 Å². The van der Waals surface area contributed by atoms with Crippen molar-refractivity contribution in [2.45, 2.75) is 51.7 Å². The van der Waals surface area contributed by atoms with Crippen molar-refractivity contribution in [1.82, 2.24) is 9.13 Å². The summed E-state index contributed by atoms with van der Waals surface area (Å²) < 4.78 is 9.62. The highest BCUT2D eigenvalue weighted by molar-refractivity contribution is 7.98. The summed E-state index contributed by atoms with van der Waals surface area (Å²) in [5, 5.41) is 9.46. The lowest BCUT2D eigenvalue weighted by molar-refractivity contribution is -0.143. The zero-order chi connectivity index (χ0) is 30.3. The summed E-state index contributed by atoms with van der Waals surface area (Å²) in [4.78, 5) is 45.2. The topological polar surface area (TPSA) is 103 Å². The first-order chi connectivity index (χ1) is 20.0. The Balaban J connectivity index is 1.67. The fraction of sp³-hybridized carbons (Fsp3) is 0.250. The lowest BCUT2D eigenvalue weighted by Crippen LogP contribution is -2.40. The van der Waals surface area contributed by atoms with Crippen LogP contribution >= 0.6 is 23.1 Å². The van der Waals surface area contributed by atoms with E-state index in [1.54, 1.807) is 55.3 Å². The number of aromatic carboxylic acids is 1. The minimum Gasteiger partial charge on any atom is -0.478 e. The normalized spacial score (nSPS) is 15.1. The fourth-order valence-corrected chi connectivity index (χ4v) is 6.66. The van der Waals surface area contributed by atoms with Crippen LogP contribution in [0.2, 0.25) is 0 Å². The summed E-state index contributed by atoms with van der Waals surface area (Å²) in [5.41, 5.74) is 4.91. The van der Waals surface area contributed by atoms with Gasteiger partial charge in [-0.2, -0.15) is 0 Å². The fourth-order valence-electron chi connectivity index (χ4n) is 5.21. The van der Waals surface area contributed by atoms with Gasteiger partial charge in [-0.05, 0) is 94.5 Å². The van der Waals surface area contributed by atoms with Crippen LogP contribution in [-0.4, -0.2) is 38.5 Å². The molecule has 1 aliphatic rings. The third kappa shape index (κ3) is 5.39. The van der Waals surface area contributed by atoms with E-state index in [0.29, 0.717) is 20.6 Å². The van der Waals surface area contributed by atoms with Crippen LogP contribution in [0.4, 0.5) is 0 Å². The average molecular weight is 602 g/mol. The van der Waals surface area contributed by atoms with Crippen LogP contribution in [0, 0.1) is 13.8 Å². The molecule has 2 aromatic carbocycles. The van der Waals surface area contributed by atoms with Gasteiger partial charge in [0.1, 0.15) is 0 Å². The van der Waals surface area contributed by atoms with Crippen molar-refractivity contribution < 1.29 is 19.4 Å². The number of ether oxygens (including phenoxy) is 1. The van der Waals surface area contributed by atoms with Gasteiger partial charge in [0.05, 0.1) is 33.5 Å². The molecule has 1 atom stereocenters. The predicted molar refractivity (Wildman–Crippen MR) is 165 cm³/mol. The molecule has 4 aromatic rings. The van der Waals surface area contributed by atoms with Gasteiger partial charge in [-0.25, -0.2) is 14.6 Å². The van der Waals surface area contributed by atoms with Crippen LogP contribution in [0.15, 0.2) is 80.5 Å². The second-order valence-corrected chi connectivity index (χ2v) is 12.2. The number of nitrogens with zero attached hydrogens (tertiary/aromatic N) is 3. The zero-order valence-corrected chi connectivity index (χ0v) is 25.8. The maximum absolute atomic E-state index is 14.0. The smallest absolute Gasteiger partial charge is 0.338 e. The van der Waals surface area contributed by atoms with E-state index in [4.69, 9.17) is 4.74 Å². The number of thiazole rings is 1. The Morgan fingerprint density at radius 3 is 2.45 bits per heavy atom. The maximum atomic E-state index is 14.0. The molecule has 0 aliphatic carbocycles. The molecule has 1 N–H and O–H groups in total. The monoisotopic (exact) mass is 601 g/mol. The van der Waals surface area contributed by atoms with Crippen LogP contribution in [0.5, 0.6) is 0 Å². The van der Waals surface area contributed by atoms with E-state index in [1.165, 1.54) is 11.3 Å². The number of aromatic nitrogens is 2. The number of esters is 1. The van der Waals surface area contributed by atoms with E-state index in [9.17, 15) is 19.5 Å². The Bertz CT molecular complexity index is 1930. The minimum absolute atomic E-state index is 0.197. The van der Waals surface area contributed by atoms with E-state index in [-0.39, 0.29) is 17.2 Å². The molecule has 42 heavy (non-hydrogen) atoms. The van der Waals surface area contributed by atoms with Crippen molar-refractivity contribution >= 4 is 41.1 Å². The van der Waals surface area contributed by atoms with Crippen molar-refractivity contribution in [2.75, 3.05) is 6.26 Å². The van der Waals surface area contributed by atoms with Crippen molar-refractivity contribution in [3.63, 3.8) is 0 Å². The molecule has 2 aromatic heterocycles. The Hall–Kier alpha value is -4.15. The predicted octanol–water partition coefficient (Wildman–Crippen LogP) is 5.01. The first-order valence-corrected chi connectivity index (χ1v) is 15.4. The van der Waals surface area contributed by atoms with Crippen molar-refractivity contribution in [3.05, 3.63) is 114 Å². The van der Waals surface area contributed by atoms with Gasteiger partial charge in [-0.15, -0.1) is 11.8 Å². The summed E-state index contributed by atoms with van der Waals surface area (Å²) >= 11 is 2.89. The quantitative estimate of drug-likeness (QED) is 0.236. The number of carbonyl (C=O) groups is 2. The molecule has 216 valence electrons. The molecule has 8 nitrogen and oxygen atoms in total. The summed E-state index contributed by atoms with van der Waals surface area (Å²) in [5.74, 6) is -1.49. The molecule has 3 heterocycles. The zero-order valence-electron chi connectivity index (χ0n) is 24.2. The van der Waals surface area contributed by atoms with Gasteiger partial charge in [0.25, 0.3) is 5.56 Å². The second kappa shape index (κ2) is 11.6. The van der Waals surface area contributed by atoms with Gasteiger partial charge in [0.2, 0.25) is 0 Å². The summed E-state index contributed by atoms with van der Waals surface area (Å²) in [6, 6.07) is 15.9. The number of carboxylic acid groups (broad SMARTS) is 1. The number of carboxylic acids is 1. The lowest BCUT2D eigenvalue weighted by atomic mass is 9.96. The standard InChI is InChI=1S/C32H31N3O5S2/c1-17(2)40-31(39)27-19(4)33-32-35(28(27)21-10-12-25(41-6)13-11-21)29(36)26(42-32)16-23-14-18(3)34(20(23)5)24-9-7-8-22(15-24)30(37)38/h7-17,28H,1-6H3,(H,37,38)/b26-16-/t28-/m1/s1. The highest BCUT2D eigenvalue weighted by Crippen LogP contribution is 2.32. The van der Waals surface area contributed by atoms with Gasteiger partial charge >= 0.3 is 11.9 Å². The molecule has 10 heteroatoms. The van der Waals surface area contributed by atoms with Gasteiger partial charge in [0, 0.05) is 22.0 Å². The number of aryl methyl sites for hydroxylation is 1. The Morgan fingerprint density at radius 1 is 1.10 bits per heavy atom. The van der Waals surface area contributed by atoms with E-state index in [2.05, 4.69) is 4.99 Å². The molecule has 0 bridgehead atoms. The van der Waals surface area contributed by atoms with Gasteiger partial charge < -0.3 is 14.4 Å². The first kappa shape index (κ1) is 29.3. The largest absolute Gasteiger partial charge is 0.478 e. The molecule has 0 amide bonds. The number of carbonyl (C=O) groups excluding carboxylic acids is 1. The van der Waals surface area contributed by atoms with Crippen molar-refractivity contribution in [3.8, 4) is 5.69 Å². The second-order valence-electron chi connectivity index (χ2n) is 10.3. The van der Waals surface area contributed by atoms with Crippen molar-refractivity contribution in [1.29, 1.82) is 0 Å². The summed E-state index contributed by atoms with van der Waals surface area (Å²) in [6.07, 6.45) is 3.50. The number of benzene rings is 2. The van der Waals surface area contributed by atoms with Gasteiger partial charge in [-0.1, -0.05) is 29.5 Å². The highest BCUT2D eigenvalue weighted by atomic mass is 32.2. The molecule has 0 saturated heterocycles. The molecule has 0 spiro atoms. The first-order valence-electron chi connectivity index (χ1n) is 13.4. The van der Waals surface area contributed by atoms with Crippen LogP contribution in [0.3, 0.4) is 0 Å². The van der Waals surface area contributed by atoms with Crippen LogP contribution in [-0.2, 0) is 9.53 Å². The number of allylic oxidation sites excluding steroid dienone is 1. The Morgan fingerprint density at radius 2 is 1.81 bits per heavy atom. The van der Waals surface area contributed by atoms with Gasteiger partial charge in [-0.3, -0.25) is 9.36 Å². The Kier molecular flexibility index (Phi) is 8.12. The van der Waals surface area contributed by atoms with Crippen LogP contribution in [0.1, 0.15) is 59.7 Å². The third-order valence-corrected chi connectivity index (χ3v) is 8.85. The van der Waals surface area contributed by atoms with E-state index >= 15 is 0 Å².